The molecule has 0 spiro atoms. The SMILES string of the molecule is CC(O)C1CCC(C2CCCCC2)CC1. The Bertz CT molecular complexity index is 174. The number of aliphatic hydroxyl groups excluding tert-OH is 1. The summed E-state index contributed by atoms with van der Waals surface area (Å²) < 4.78 is 0. The lowest BCUT2D eigenvalue weighted by Crippen LogP contribution is -2.27. The number of rotatable bonds is 2. The summed E-state index contributed by atoms with van der Waals surface area (Å²) in [5, 5.41) is 9.57. The third kappa shape index (κ3) is 2.96. The van der Waals surface area contributed by atoms with Gasteiger partial charge in [0.2, 0.25) is 0 Å². The quantitative estimate of drug-likeness (QED) is 0.736. The average Bonchev–Trinajstić information content (AvgIpc) is 2.30. The van der Waals surface area contributed by atoms with E-state index in [1.165, 1.54) is 57.8 Å². The summed E-state index contributed by atoms with van der Waals surface area (Å²) in [5.74, 6) is 2.64. The molecule has 0 aromatic heterocycles. The maximum Gasteiger partial charge on any atom is 0.0540 e. The van der Waals surface area contributed by atoms with Crippen LogP contribution in [0, 0.1) is 17.8 Å². The van der Waals surface area contributed by atoms with Crippen molar-refractivity contribution in [2.75, 3.05) is 0 Å². The summed E-state index contributed by atoms with van der Waals surface area (Å²) in [5.41, 5.74) is 0. The third-order valence-electron chi connectivity index (χ3n) is 4.82. The van der Waals surface area contributed by atoms with Crippen LogP contribution in [-0.4, -0.2) is 11.2 Å². The summed E-state index contributed by atoms with van der Waals surface area (Å²) in [6.45, 7) is 1.96. The van der Waals surface area contributed by atoms with E-state index in [0.717, 1.165) is 11.8 Å². The molecule has 2 rings (SSSR count). The van der Waals surface area contributed by atoms with Crippen LogP contribution < -0.4 is 0 Å². The standard InChI is InChI=1S/C14H26O/c1-11(15)12-7-9-14(10-8-12)13-5-3-2-4-6-13/h11-15H,2-10H2,1H3. The van der Waals surface area contributed by atoms with E-state index < -0.39 is 0 Å². The second-order valence-corrected chi connectivity index (χ2v) is 5.81. The highest BCUT2D eigenvalue weighted by molar-refractivity contribution is 4.81. The molecule has 0 aromatic rings. The zero-order chi connectivity index (χ0) is 10.7. The predicted octanol–water partition coefficient (Wildman–Crippen LogP) is 3.75. The first-order valence-corrected chi connectivity index (χ1v) is 6.95. The van der Waals surface area contributed by atoms with Gasteiger partial charge in [0.05, 0.1) is 6.10 Å². The molecule has 0 saturated heterocycles. The maximum absolute atomic E-state index is 9.57. The maximum atomic E-state index is 9.57. The van der Waals surface area contributed by atoms with Gasteiger partial charge in [0.15, 0.2) is 0 Å². The van der Waals surface area contributed by atoms with E-state index in [4.69, 9.17) is 0 Å². The van der Waals surface area contributed by atoms with Crippen LogP contribution in [0.3, 0.4) is 0 Å². The minimum absolute atomic E-state index is 0.0719. The molecule has 0 amide bonds. The van der Waals surface area contributed by atoms with E-state index in [1.54, 1.807) is 0 Å². The zero-order valence-corrected chi connectivity index (χ0v) is 10.1. The topological polar surface area (TPSA) is 20.2 Å². The Morgan fingerprint density at radius 2 is 1.33 bits per heavy atom. The fraction of sp³-hybridized carbons (Fsp3) is 1.00. The van der Waals surface area contributed by atoms with E-state index in [2.05, 4.69) is 0 Å². The van der Waals surface area contributed by atoms with Crippen molar-refractivity contribution < 1.29 is 5.11 Å². The fourth-order valence-electron chi connectivity index (χ4n) is 3.70. The molecule has 1 nitrogen and oxygen atoms in total. The fourth-order valence-corrected chi connectivity index (χ4v) is 3.70. The molecule has 1 N–H and O–H groups in total. The largest absolute Gasteiger partial charge is 0.393 e. The molecule has 0 bridgehead atoms. The van der Waals surface area contributed by atoms with Crippen LogP contribution in [0.4, 0.5) is 0 Å². The van der Waals surface area contributed by atoms with Crippen LogP contribution >= 0.6 is 0 Å². The molecule has 2 aliphatic rings. The molecular formula is C14H26O. The minimum atomic E-state index is -0.0719. The van der Waals surface area contributed by atoms with Crippen molar-refractivity contribution in [3.63, 3.8) is 0 Å². The molecule has 1 heteroatoms. The summed E-state index contributed by atoms with van der Waals surface area (Å²) in [6.07, 6.45) is 12.7. The minimum Gasteiger partial charge on any atom is -0.393 e. The first-order valence-electron chi connectivity index (χ1n) is 6.95. The van der Waals surface area contributed by atoms with Gasteiger partial charge in [0.1, 0.15) is 0 Å². The molecule has 2 saturated carbocycles. The molecule has 88 valence electrons. The van der Waals surface area contributed by atoms with Crippen LogP contribution in [0.2, 0.25) is 0 Å². The van der Waals surface area contributed by atoms with Crippen molar-refractivity contribution >= 4 is 0 Å². The second-order valence-electron chi connectivity index (χ2n) is 5.81. The highest BCUT2D eigenvalue weighted by atomic mass is 16.3. The van der Waals surface area contributed by atoms with Gasteiger partial charge in [-0.15, -0.1) is 0 Å². The van der Waals surface area contributed by atoms with E-state index in [1.807, 2.05) is 6.92 Å². The summed E-state index contributed by atoms with van der Waals surface area (Å²) in [4.78, 5) is 0. The van der Waals surface area contributed by atoms with Gasteiger partial charge in [-0.25, -0.2) is 0 Å². The monoisotopic (exact) mass is 210 g/mol. The van der Waals surface area contributed by atoms with E-state index >= 15 is 0 Å². The Kier molecular flexibility index (Phi) is 4.07. The lowest BCUT2D eigenvalue weighted by molar-refractivity contribution is 0.0720. The Morgan fingerprint density at radius 1 is 0.800 bits per heavy atom. The van der Waals surface area contributed by atoms with Gasteiger partial charge in [0.25, 0.3) is 0 Å². The number of hydrogen-bond acceptors (Lipinski definition) is 1. The Balaban J connectivity index is 1.77. The van der Waals surface area contributed by atoms with Crippen molar-refractivity contribution in [1.82, 2.24) is 0 Å². The van der Waals surface area contributed by atoms with Crippen molar-refractivity contribution in [3.05, 3.63) is 0 Å². The highest BCUT2D eigenvalue weighted by Gasteiger charge is 2.29. The zero-order valence-electron chi connectivity index (χ0n) is 10.1. The molecular weight excluding hydrogens is 184 g/mol. The predicted molar refractivity (Wildman–Crippen MR) is 63.7 cm³/mol. The molecule has 2 fully saturated rings. The van der Waals surface area contributed by atoms with Crippen LogP contribution in [0.25, 0.3) is 0 Å². The Hall–Kier alpha value is -0.0400. The van der Waals surface area contributed by atoms with E-state index in [-0.39, 0.29) is 6.10 Å². The number of aliphatic hydroxyl groups is 1. The molecule has 15 heavy (non-hydrogen) atoms. The van der Waals surface area contributed by atoms with Crippen LogP contribution in [0.1, 0.15) is 64.7 Å². The third-order valence-corrected chi connectivity index (χ3v) is 4.82. The summed E-state index contributed by atoms with van der Waals surface area (Å²) in [7, 11) is 0. The van der Waals surface area contributed by atoms with Crippen molar-refractivity contribution in [1.29, 1.82) is 0 Å². The van der Waals surface area contributed by atoms with Gasteiger partial charge in [-0.05, 0) is 50.4 Å². The molecule has 0 radical (unpaired) electrons. The lowest BCUT2D eigenvalue weighted by Gasteiger charge is -2.36. The van der Waals surface area contributed by atoms with Gasteiger partial charge in [-0.2, -0.15) is 0 Å². The normalized spacial score (nSPS) is 36.4. The molecule has 0 aliphatic heterocycles. The second kappa shape index (κ2) is 5.34. The molecule has 0 heterocycles. The first kappa shape index (κ1) is 11.4. The first-order chi connectivity index (χ1) is 7.27. The molecule has 0 aromatic carbocycles. The van der Waals surface area contributed by atoms with Gasteiger partial charge < -0.3 is 5.11 Å². The van der Waals surface area contributed by atoms with Crippen LogP contribution in [-0.2, 0) is 0 Å². The summed E-state index contributed by atoms with van der Waals surface area (Å²) >= 11 is 0. The van der Waals surface area contributed by atoms with E-state index in [9.17, 15) is 5.11 Å². The summed E-state index contributed by atoms with van der Waals surface area (Å²) in [6, 6.07) is 0. The van der Waals surface area contributed by atoms with Gasteiger partial charge in [0, 0.05) is 0 Å². The number of hydrogen-bond donors (Lipinski definition) is 1. The molecule has 2 aliphatic carbocycles. The highest BCUT2D eigenvalue weighted by Crippen LogP contribution is 2.40. The average molecular weight is 210 g/mol. The van der Waals surface area contributed by atoms with Crippen molar-refractivity contribution in [2.45, 2.75) is 70.8 Å². The Morgan fingerprint density at radius 3 is 1.87 bits per heavy atom. The van der Waals surface area contributed by atoms with Crippen LogP contribution in [0.15, 0.2) is 0 Å². The van der Waals surface area contributed by atoms with Crippen molar-refractivity contribution in [2.24, 2.45) is 17.8 Å². The van der Waals surface area contributed by atoms with Crippen molar-refractivity contribution in [3.8, 4) is 0 Å². The lowest BCUT2D eigenvalue weighted by atomic mass is 9.70. The molecule has 1 unspecified atom stereocenters. The van der Waals surface area contributed by atoms with E-state index in [0.29, 0.717) is 5.92 Å². The smallest absolute Gasteiger partial charge is 0.0540 e. The van der Waals surface area contributed by atoms with Gasteiger partial charge in [-0.3, -0.25) is 0 Å². The Labute approximate surface area is 94.3 Å². The van der Waals surface area contributed by atoms with Gasteiger partial charge >= 0.3 is 0 Å². The van der Waals surface area contributed by atoms with Gasteiger partial charge in [-0.1, -0.05) is 32.1 Å². The molecule has 1 atom stereocenters. The van der Waals surface area contributed by atoms with Crippen LogP contribution in [0.5, 0.6) is 0 Å².